The van der Waals surface area contributed by atoms with Crippen LogP contribution in [0.2, 0.25) is 0 Å². The van der Waals surface area contributed by atoms with E-state index < -0.39 is 0 Å². The Kier molecular flexibility index (Phi) is 4.28. The van der Waals surface area contributed by atoms with E-state index in [2.05, 4.69) is 31.2 Å². The first-order chi connectivity index (χ1) is 12.8. The maximum absolute atomic E-state index is 9.68. The largest absolute Gasteiger partial charge is 0.508 e. The molecule has 3 heteroatoms. The van der Waals surface area contributed by atoms with Gasteiger partial charge in [0.05, 0.1) is 11.4 Å². The first-order valence-corrected chi connectivity index (χ1v) is 8.80. The number of hydrogen-bond donors (Lipinski definition) is 1. The minimum Gasteiger partial charge on any atom is -0.508 e. The van der Waals surface area contributed by atoms with Crippen LogP contribution in [0.15, 0.2) is 84.9 Å². The number of benzene rings is 3. The summed E-state index contributed by atoms with van der Waals surface area (Å²) in [6.45, 7) is 2.15. The highest BCUT2D eigenvalue weighted by Crippen LogP contribution is 2.36. The summed E-state index contributed by atoms with van der Waals surface area (Å²) in [6.07, 6.45) is 0.852. The van der Waals surface area contributed by atoms with Crippen molar-refractivity contribution in [2.24, 2.45) is 0 Å². The summed E-state index contributed by atoms with van der Waals surface area (Å²) in [5.74, 6) is 0.267. The Labute approximate surface area is 153 Å². The van der Waals surface area contributed by atoms with Crippen molar-refractivity contribution in [3.63, 3.8) is 0 Å². The maximum atomic E-state index is 9.68. The van der Waals surface area contributed by atoms with Gasteiger partial charge in [-0.1, -0.05) is 67.6 Å². The van der Waals surface area contributed by atoms with Gasteiger partial charge in [0.1, 0.15) is 11.4 Å². The summed E-state index contributed by atoms with van der Waals surface area (Å²) < 4.78 is 2.03. The van der Waals surface area contributed by atoms with Gasteiger partial charge in [-0.05, 0) is 36.2 Å². The van der Waals surface area contributed by atoms with Crippen LogP contribution in [0, 0.1) is 0 Å². The van der Waals surface area contributed by atoms with Gasteiger partial charge in [-0.15, -0.1) is 0 Å². The van der Waals surface area contributed by atoms with Crippen molar-refractivity contribution in [1.82, 2.24) is 9.78 Å². The minimum absolute atomic E-state index is 0.267. The smallest absolute Gasteiger partial charge is 0.115 e. The Morgan fingerprint density at radius 3 is 2.00 bits per heavy atom. The molecule has 0 radical (unpaired) electrons. The molecule has 0 fully saturated rings. The Balaban J connectivity index is 2.01. The van der Waals surface area contributed by atoms with Crippen molar-refractivity contribution in [2.45, 2.75) is 13.3 Å². The highest BCUT2D eigenvalue weighted by atomic mass is 16.3. The van der Waals surface area contributed by atoms with Gasteiger partial charge in [0.25, 0.3) is 0 Å². The summed E-state index contributed by atoms with van der Waals surface area (Å²) in [5.41, 5.74) is 6.41. The average Bonchev–Trinajstić information content (AvgIpc) is 3.09. The Hall–Kier alpha value is -3.33. The lowest BCUT2D eigenvalue weighted by atomic mass is 9.98. The third kappa shape index (κ3) is 2.88. The molecule has 1 N–H and O–H groups in total. The third-order valence-corrected chi connectivity index (χ3v) is 4.52. The number of rotatable bonds is 4. The van der Waals surface area contributed by atoms with Crippen molar-refractivity contribution in [2.75, 3.05) is 0 Å². The van der Waals surface area contributed by atoms with E-state index in [1.807, 2.05) is 53.2 Å². The Morgan fingerprint density at radius 2 is 1.38 bits per heavy atom. The molecule has 0 aliphatic heterocycles. The van der Waals surface area contributed by atoms with E-state index in [0.29, 0.717) is 0 Å². The van der Waals surface area contributed by atoms with Crippen LogP contribution in [0.3, 0.4) is 0 Å². The fraction of sp³-hybridized carbons (Fsp3) is 0.0870. The molecule has 1 heterocycles. The van der Waals surface area contributed by atoms with Gasteiger partial charge < -0.3 is 5.11 Å². The van der Waals surface area contributed by atoms with Crippen molar-refractivity contribution in [1.29, 1.82) is 0 Å². The second-order valence-electron chi connectivity index (χ2n) is 6.18. The Morgan fingerprint density at radius 1 is 0.769 bits per heavy atom. The topological polar surface area (TPSA) is 38.1 Å². The summed E-state index contributed by atoms with van der Waals surface area (Å²) in [5, 5.41) is 14.7. The molecule has 0 bridgehead atoms. The van der Waals surface area contributed by atoms with E-state index in [1.165, 1.54) is 0 Å². The normalized spacial score (nSPS) is 10.8. The van der Waals surface area contributed by atoms with E-state index in [0.717, 1.165) is 40.2 Å². The average molecular weight is 340 g/mol. The third-order valence-electron chi connectivity index (χ3n) is 4.52. The first-order valence-electron chi connectivity index (χ1n) is 8.80. The van der Waals surface area contributed by atoms with Crippen LogP contribution >= 0.6 is 0 Å². The minimum atomic E-state index is 0.267. The predicted molar refractivity (Wildman–Crippen MR) is 105 cm³/mol. The molecule has 0 aliphatic rings. The number of aromatic nitrogens is 2. The van der Waals surface area contributed by atoms with Crippen LogP contribution in [0.1, 0.15) is 12.6 Å². The van der Waals surface area contributed by atoms with Crippen LogP contribution in [0.5, 0.6) is 5.75 Å². The van der Waals surface area contributed by atoms with Crippen molar-refractivity contribution in [3.8, 4) is 33.8 Å². The number of aromatic hydroxyl groups is 1. The monoisotopic (exact) mass is 340 g/mol. The standard InChI is InChI=1S/C23H20N2O/c1-2-21-22(17-13-15-20(26)16-14-17)23(18-9-5-3-6-10-18)24-25(21)19-11-7-4-8-12-19/h3-16,26H,2H2,1H3. The Bertz CT molecular complexity index is 1000. The molecule has 0 saturated carbocycles. The van der Waals surface area contributed by atoms with Gasteiger partial charge in [0.2, 0.25) is 0 Å². The molecule has 0 saturated heterocycles. The van der Waals surface area contributed by atoms with Gasteiger partial charge in [-0.2, -0.15) is 5.10 Å². The van der Waals surface area contributed by atoms with E-state index in [1.54, 1.807) is 12.1 Å². The summed E-state index contributed by atoms with van der Waals surface area (Å²) >= 11 is 0. The fourth-order valence-electron chi connectivity index (χ4n) is 3.29. The molecule has 0 atom stereocenters. The number of para-hydroxylation sites is 1. The zero-order chi connectivity index (χ0) is 17.9. The van der Waals surface area contributed by atoms with Gasteiger partial charge in [0, 0.05) is 11.1 Å². The van der Waals surface area contributed by atoms with Crippen molar-refractivity contribution < 1.29 is 5.11 Å². The van der Waals surface area contributed by atoms with Crippen molar-refractivity contribution in [3.05, 3.63) is 90.6 Å². The molecule has 0 unspecified atom stereocenters. The van der Waals surface area contributed by atoms with E-state index in [9.17, 15) is 5.11 Å². The molecule has 4 aromatic rings. The van der Waals surface area contributed by atoms with Crippen LogP contribution in [-0.4, -0.2) is 14.9 Å². The molecule has 0 amide bonds. The van der Waals surface area contributed by atoms with Crippen LogP contribution in [0.4, 0.5) is 0 Å². The lowest BCUT2D eigenvalue weighted by Gasteiger charge is -2.08. The zero-order valence-electron chi connectivity index (χ0n) is 14.6. The van der Waals surface area contributed by atoms with E-state index >= 15 is 0 Å². The number of phenolic OH excluding ortho intramolecular Hbond substituents is 1. The summed E-state index contributed by atoms with van der Waals surface area (Å²) in [4.78, 5) is 0. The molecule has 3 nitrogen and oxygen atoms in total. The molecular weight excluding hydrogens is 320 g/mol. The number of hydrogen-bond acceptors (Lipinski definition) is 2. The molecule has 128 valence electrons. The summed E-state index contributed by atoms with van der Waals surface area (Å²) in [7, 11) is 0. The molecule has 0 aliphatic carbocycles. The van der Waals surface area contributed by atoms with Crippen LogP contribution < -0.4 is 0 Å². The molecule has 4 rings (SSSR count). The van der Waals surface area contributed by atoms with Crippen LogP contribution in [0.25, 0.3) is 28.1 Å². The molecule has 1 aromatic heterocycles. The highest BCUT2D eigenvalue weighted by Gasteiger charge is 2.20. The highest BCUT2D eigenvalue weighted by molar-refractivity contribution is 5.83. The van der Waals surface area contributed by atoms with E-state index in [-0.39, 0.29) is 5.75 Å². The quantitative estimate of drug-likeness (QED) is 0.534. The van der Waals surface area contributed by atoms with E-state index in [4.69, 9.17) is 5.10 Å². The fourth-order valence-corrected chi connectivity index (χ4v) is 3.29. The molecular formula is C23H20N2O. The van der Waals surface area contributed by atoms with Gasteiger partial charge >= 0.3 is 0 Å². The van der Waals surface area contributed by atoms with Gasteiger partial charge in [0.15, 0.2) is 0 Å². The van der Waals surface area contributed by atoms with Gasteiger partial charge in [-0.25, -0.2) is 4.68 Å². The van der Waals surface area contributed by atoms with Crippen LogP contribution in [-0.2, 0) is 6.42 Å². The summed E-state index contributed by atoms with van der Waals surface area (Å²) in [6, 6.07) is 27.8. The second kappa shape index (κ2) is 6.89. The van der Waals surface area contributed by atoms with Gasteiger partial charge in [-0.3, -0.25) is 0 Å². The lowest BCUT2D eigenvalue weighted by molar-refractivity contribution is 0.475. The number of nitrogens with zero attached hydrogens (tertiary/aromatic N) is 2. The molecule has 3 aromatic carbocycles. The predicted octanol–water partition coefficient (Wildman–Crippen LogP) is 5.47. The molecule has 26 heavy (non-hydrogen) atoms. The lowest BCUT2D eigenvalue weighted by Crippen LogP contribution is -2.01. The zero-order valence-corrected chi connectivity index (χ0v) is 14.6. The van der Waals surface area contributed by atoms with Crippen molar-refractivity contribution >= 4 is 0 Å². The SMILES string of the molecule is CCc1c(-c2ccc(O)cc2)c(-c2ccccc2)nn1-c1ccccc1. The first kappa shape index (κ1) is 16.2. The maximum Gasteiger partial charge on any atom is 0.115 e. The second-order valence-corrected chi connectivity index (χ2v) is 6.18. The molecule has 0 spiro atoms. The number of phenols is 1.